The zero-order valence-corrected chi connectivity index (χ0v) is 11.9. The van der Waals surface area contributed by atoms with Gasteiger partial charge in [0.15, 0.2) is 0 Å². The Labute approximate surface area is 107 Å². The van der Waals surface area contributed by atoms with Crippen LogP contribution in [-0.4, -0.2) is 75.1 Å². The van der Waals surface area contributed by atoms with E-state index in [4.69, 9.17) is 0 Å². The van der Waals surface area contributed by atoms with Crippen LogP contribution < -0.4 is 0 Å². The summed E-state index contributed by atoms with van der Waals surface area (Å²) in [6, 6.07) is 0. The van der Waals surface area contributed by atoms with Gasteiger partial charge in [0, 0.05) is 0 Å². The third-order valence-electron chi connectivity index (χ3n) is 3.24. The summed E-state index contributed by atoms with van der Waals surface area (Å²) >= 11 is 0. The minimum Gasteiger partial charge on any atom is -0.306 e. The van der Waals surface area contributed by atoms with Gasteiger partial charge < -0.3 is 14.7 Å². The average molecular weight is 250 g/mol. The maximum atomic E-state index is 2.46. The van der Waals surface area contributed by atoms with Crippen LogP contribution in [0, 0.1) is 0 Å². The molecular weight excluding hydrogens is 222 g/mol. The van der Waals surface area contributed by atoms with Gasteiger partial charge in [-0.05, 0) is 79.7 Å². The van der Waals surface area contributed by atoms with Crippen molar-refractivity contribution in [2.45, 2.75) is 19.3 Å². The molecule has 1 saturated heterocycles. The fourth-order valence-corrected chi connectivity index (χ4v) is 2.17. The van der Waals surface area contributed by atoms with Gasteiger partial charge in [-0.25, -0.2) is 0 Å². The summed E-state index contributed by atoms with van der Waals surface area (Å²) in [6.45, 7) is 7.46. The second-order valence-corrected chi connectivity index (χ2v) is 4.97. The molecule has 1 aliphatic rings. The Morgan fingerprint density at radius 2 is 0.688 bits per heavy atom. The third-order valence-corrected chi connectivity index (χ3v) is 3.24. The van der Waals surface area contributed by atoms with Crippen molar-refractivity contribution in [1.82, 2.24) is 14.7 Å². The van der Waals surface area contributed by atoms with Crippen LogP contribution in [0.2, 0.25) is 0 Å². The van der Waals surface area contributed by atoms with E-state index in [9.17, 15) is 0 Å². The molecule has 16 heavy (non-hydrogen) atoms. The van der Waals surface area contributed by atoms with Gasteiger partial charge in [-0.15, -0.1) is 12.4 Å². The molecule has 0 N–H and O–H groups in total. The van der Waals surface area contributed by atoms with Crippen molar-refractivity contribution in [1.29, 1.82) is 0 Å². The molecule has 0 radical (unpaired) electrons. The van der Waals surface area contributed by atoms with E-state index < -0.39 is 0 Å². The second-order valence-electron chi connectivity index (χ2n) is 4.97. The molecule has 0 spiro atoms. The first kappa shape index (κ1) is 16.2. The molecule has 0 bridgehead atoms. The Kier molecular flexibility index (Phi) is 9.32. The number of hydrogen-bond acceptors (Lipinski definition) is 3. The number of rotatable bonds is 0. The largest absolute Gasteiger partial charge is 0.306 e. The fourth-order valence-electron chi connectivity index (χ4n) is 2.17. The molecule has 1 heterocycles. The van der Waals surface area contributed by atoms with Crippen LogP contribution >= 0.6 is 12.4 Å². The van der Waals surface area contributed by atoms with Crippen LogP contribution in [0.15, 0.2) is 0 Å². The van der Waals surface area contributed by atoms with E-state index in [-0.39, 0.29) is 12.4 Å². The molecule has 0 aromatic heterocycles. The van der Waals surface area contributed by atoms with Crippen LogP contribution in [0.3, 0.4) is 0 Å². The Morgan fingerprint density at radius 1 is 0.500 bits per heavy atom. The van der Waals surface area contributed by atoms with Gasteiger partial charge in [-0.1, -0.05) is 0 Å². The van der Waals surface area contributed by atoms with Crippen molar-refractivity contribution in [3.05, 3.63) is 0 Å². The van der Waals surface area contributed by atoms with Crippen molar-refractivity contribution in [3.8, 4) is 0 Å². The highest BCUT2D eigenvalue weighted by molar-refractivity contribution is 5.85. The van der Waals surface area contributed by atoms with E-state index in [2.05, 4.69) is 35.8 Å². The average Bonchev–Trinajstić information content (AvgIpc) is 2.16. The first-order chi connectivity index (χ1) is 7.18. The summed E-state index contributed by atoms with van der Waals surface area (Å²) in [4.78, 5) is 7.38. The van der Waals surface area contributed by atoms with Gasteiger partial charge in [0.1, 0.15) is 0 Å². The van der Waals surface area contributed by atoms with Gasteiger partial charge in [0.05, 0.1) is 0 Å². The van der Waals surface area contributed by atoms with Crippen molar-refractivity contribution in [3.63, 3.8) is 0 Å². The molecule has 0 saturated carbocycles. The fraction of sp³-hybridized carbons (Fsp3) is 1.00. The molecule has 0 aromatic carbocycles. The molecule has 3 nitrogen and oxygen atoms in total. The Balaban J connectivity index is 0.00000225. The quantitative estimate of drug-likeness (QED) is 0.643. The summed E-state index contributed by atoms with van der Waals surface area (Å²) in [5, 5.41) is 0. The molecule has 0 unspecified atom stereocenters. The van der Waals surface area contributed by atoms with Crippen LogP contribution in [0.4, 0.5) is 0 Å². The van der Waals surface area contributed by atoms with E-state index in [1.54, 1.807) is 0 Å². The van der Waals surface area contributed by atoms with Crippen LogP contribution in [0.1, 0.15) is 19.3 Å². The summed E-state index contributed by atoms with van der Waals surface area (Å²) in [6.07, 6.45) is 3.93. The monoisotopic (exact) mass is 249 g/mol. The molecule has 0 aromatic rings. The van der Waals surface area contributed by atoms with Gasteiger partial charge in [0.25, 0.3) is 0 Å². The number of nitrogens with zero attached hydrogens (tertiary/aromatic N) is 3. The molecule has 1 fully saturated rings. The highest BCUT2D eigenvalue weighted by atomic mass is 35.5. The minimum atomic E-state index is 0. The Bertz CT molecular complexity index is 126. The maximum Gasteiger partial charge on any atom is -0.000959 e. The highest BCUT2D eigenvalue weighted by Gasteiger charge is 2.05. The first-order valence-corrected chi connectivity index (χ1v) is 6.24. The van der Waals surface area contributed by atoms with Crippen LogP contribution in [0.25, 0.3) is 0 Å². The summed E-state index contributed by atoms with van der Waals surface area (Å²) < 4.78 is 0. The Morgan fingerprint density at radius 3 is 0.875 bits per heavy atom. The van der Waals surface area contributed by atoms with Gasteiger partial charge >= 0.3 is 0 Å². The number of hydrogen-bond donors (Lipinski definition) is 0. The minimum absolute atomic E-state index is 0. The van der Waals surface area contributed by atoms with E-state index in [1.165, 1.54) is 58.5 Å². The second kappa shape index (κ2) is 9.23. The standard InChI is InChI=1S/C12H27N3.ClH/c1-13-7-4-9-14(2)11-6-12-15(3)10-5-8-13;/h4-12H2,1-3H3;1H. The lowest BCUT2D eigenvalue weighted by Crippen LogP contribution is -2.32. The smallest absolute Gasteiger partial charge is 0.000959 e. The molecule has 0 aliphatic carbocycles. The lowest BCUT2D eigenvalue weighted by molar-refractivity contribution is 0.229. The van der Waals surface area contributed by atoms with Gasteiger partial charge in [-0.3, -0.25) is 0 Å². The van der Waals surface area contributed by atoms with E-state index in [1.807, 2.05) is 0 Å². The van der Waals surface area contributed by atoms with Crippen molar-refractivity contribution in [2.75, 3.05) is 60.4 Å². The molecule has 0 amide bonds. The molecule has 0 atom stereocenters. The zero-order valence-electron chi connectivity index (χ0n) is 11.1. The van der Waals surface area contributed by atoms with Crippen LogP contribution in [-0.2, 0) is 0 Å². The summed E-state index contributed by atoms with van der Waals surface area (Å²) in [7, 11) is 6.73. The third kappa shape index (κ3) is 7.44. The van der Waals surface area contributed by atoms with Crippen molar-refractivity contribution in [2.24, 2.45) is 0 Å². The van der Waals surface area contributed by atoms with Crippen molar-refractivity contribution >= 4 is 12.4 Å². The molecule has 1 aliphatic heterocycles. The van der Waals surface area contributed by atoms with Crippen LogP contribution in [0.5, 0.6) is 0 Å². The lowest BCUT2D eigenvalue weighted by Gasteiger charge is -2.24. The van der Waals surface area contributed by atoms with Gasteiger partial charge in [0.2, 0.25) is 0 Å². The molecular formula is C12H28ClN3. The topological polar surface area (TPSA) is 9.72 Å². The number of halogens is 1. The zero-order chi connectivity index (χ0) is 11.1. The van der Waals surface area contributed by atoms with Gasteiger partial charge in [-0.2, -0.15) is 0 Å². The van der Waals surface area contributed by atoms with E-state index in [0.29, 0.717) is 0 Å². The molecule has 1 rings (SSSR count). The van der Waals surface area contributed by atoms with E-state index >= 15 is 0 Å². The highest BCUT2D eigenvalue weighted by Crippen LogP contribution is 1.99. The lowest BCUT2D eigenvalue weighted by atomic mass is 10.3. The predicted octanol–water partition coefficient (Wildman–Crippen LogP) is 1.39. The van der Waals surface area contributed by atoms with E-state index in [0.717, 1.165) is 0 Å². The SMILES string of the molecule is CN1CCCN(C)CCCN(C)CCC1.Cl. The Hall–Kier alpha value is 0.170. The summed E-state index contributed by atoms with van der Waals surface area (Å²) in [5.74, 6) is 0. The predicted molar refractivity (Wildman–Crippen MR) is 73.6 cm³/mol. The molecule has 98 valence electrons. The maximum absolute atomic E-state index is 2.46. The summed E-state index contributed by atoms with van der Waals surface area (Å²) in [5.41, 5.74) is 0. The van der Waals surface area contributed by atoms with Crippen molar-refractivity contribution < 1.29 is 0 Å². The first-order valence-electron chi connectivity index (χ1n) is 6.24. The molecule has 4 heteroatoms. The normalized spacial score (nSPS) is 24.2.